The summed E-state index contributed by atoms with van der Waals surface area (Å²) in [7, 11) is 0. The van der Waals surface area contributed by atoms with Gasteiger partial charge in [0.05, 0.1) is 0 Å². The first kappa shape index (κ1) is 26.1. The highest BCUT2D eigenvalue weighted by Gasteiger charge is 2.41. The summed E-state index contributed by atoms with van der Waals surface area (Å²) in [5, 5.41) is 0. The molecule has 0 aliphatic heterocycles. The maximum absolute atomic E-state index is 4.18. The second kappa shape index (κ2) is 9.97. The summed E-state index contributed by atoms with van der Waals surface area (Å²) in [4.78, 5) is 0. The molecule has 2 atom stereocenters. The van der Waals surface area contributed by atoms with Gasteiger partial charge < -0.3 is 0 Å². The SMILES string of the molecule is C=C(C)C[C@@H](C)c1ccc(C(CC(C)C)C2CC(C)(C)C2)c(CC2=CC(C(C)(C)C)=CC2)c1. The molecule has 0 heterocycles. The molecule has 2 aliphatic rings. The van der Waals surface area contributed by atoms with Crippen molar-refractivity contribution < 1.29 is 0 Å². The van der Waals surface area contributed by atoms with Crippen LogP contribution in [0.15, 0.2) is 53.6 Å². The van der Waals surface area contributed by atoms with E-state index in [0.717, 1.165) is 31.1 Å². The number of allylic oxidation sites excluding steroid dienone is 5. The standard InChI is InChI=1S/C33H50/c1-22(2)15-24(5)26-12-14-30(31(16-23(3)4)28-20-33(9,10)21-28)27(19-26)17-25-11-13-29(18-25)32(6,7)8/h12-14,18-19,23-24,28,31H,1,11,15-17,20-21H2,2-10H3/t24-,31?/m1/s1. The minimum Gasteiger partial charge on any atom is -0.100 e. The molecule has 0 nitrogen and oxygen atoms in total. The van der Waals surface area contributed by atoms with E-state index in [9.17, 15) is 0 Å². The maximum atomic E-state index is 4.18. The molecule has 1 aromatic rings. The molecule has 1 aromatic carbocycles. The van der Waals surface area contributed by atoms with E-state index in [1.165, 1.54) is 36.0 Å². The van der Waals surface area contributed by atoms with Crippen molar-refractivity contribution in [2.24, 2.45) is 22.7 Å². The molecular formula is C33H50. The first-order valence-electron chi connectivity index (χ1n) is 13.4. The van der Waals surface area contributed by atoms with Crippen LogP contribution in [0.3, 0.4) is 0 Å². The van der Waals surface area contributed by atoms with Gasteiger partial charge in [-0.05, 0) is 102 Å². The van der Waals surface area contributed by atoms with E-state index in [2.05, 4.69) is 99.2 Å². The third-order valence-corrected chi connectivity index (χ3v) is 7.94. The summed E-state index contributed by atoms with van der Waals surface area (Å²) in [5.74, 6) is 2.78. The number of rotatable bonds is 9. The van der Waals surface area contributed by atoms with Crippen LogP contribution < -0.4 is 0 Å². The predicted molar refractivity (Wildman–Crippen MR) is 147 cm³/mol. The van der Waals surface area contributed by atoms with Crippen molar-refractivity contribution in [3.8, 4) is 0 Å². The van der Waals surface area contributed by atoms with Crippen LogP contribution in [0.25, 0.3) is 0 Å². The molecule has 1 unspecified atom stereocenters. The topological polar surface area (TPSA) is 0 Å². The van der Waals surface area contributed by atoms with E-state index >= 15 is 0 Å². The molecule has 1 fully saturated rings. The molecule has 0 saturated heterocycles. The first-order chi connectivity index (χ1) is 15.2. The van der Waals surface area contributed by atoms with Gasteiger partial charge in [0.1, 0.15) is 0 Å². The van der Waals surface area contributed by atoms with Gasteiger partial charge in [-0.2, -0.15) is 0 Å². The monoisotopic (exact) mass is 446 g/mol. The summed E-state index contributed by atoms with van der Waals surface area (Å²) < 4.78 is 0. The quantitative estimate of drug-likeness (QED) is 0.331. The molecule has 0 N–H and O–H groups in total. The average Bonchev–Trinajstić information content (AvgIpc) is 3.12. The number of benzene rings is 1. The summed E-state index contributed by atoms with van der Waals surface area (Å²) >= 11 is 0. The second-order valence-electron chi connectivity index (χ2n) is 13.7. The van der Waals surface area contributed by atoms with Gasteiger partial charge in [0.15, 0.2) is 0 Å². The normalized spacial score (nSPS) is 20.3. The summed E-state index contributed by atoms with van der Waals surface area (Å²) in [6, 6.07) is 7.52. The van der Waals surface area contributed by atoms with Gasteiger partial charge in [-0.15, -0.1) is 6.58 Å². The van der Waals surface area contributed by atoms with Crippen molar-refractivity contribution in [3.63, 3.8) is 0 Å². The van der Waals surface area contributed by atoms with Crippen LogP contribution in [0, 0.1) is 22.7 Å². The lowest BCUT2D eigenvalue weighted by atomic mass is 9.57. The highest BCUT2D eigenvalue weighted by atomic mass is 14.5. The third-order valence-electron chi connectivity index (χ3n) is 7.94. The fourth-order valence-corrected chi connectivity index (χ4v) is 6.28. The Kier molecular flexibility index (Phi) is 7.87. The summed E-state index contributed by atoms with van der Waals surface area (Å²) in [5.41, 5.74) is 9.84. The van der Waals surface area contributed by atoms with Crippen molar-refractivity contribution in [1.82, 2.24) is 0 Å². The number of hydrogen-bond donors (Lipinski definition) is 0. The van der Waals surface area contributed by atoms with E-state index < -0.39 is 0 Å². The lowest BCUT2D eigenvalue weighted by molar-refractivity contribution is 0.0678. The molecule has 0 bridgehead atoms. The van der Waals surface area contributed by atoms with E-state index in [1.807, 2.05) is 0 Å². The van der Waals surface area contributed by atoms with Gasteiger partial charge >= 0.3 is 0 Å². The van der Waals surface area contributed by atoms with Crippen LogP contribution in [0.4, 0.5) is 0 Å². The van der Waals surface area contributed by atoms with Crippen LogP contribution in [-0.4, -0.2) is 0 Å². The fraction of sp³-hybridized carbons (Fsp3) is 0.636. The molecule has 1 saturated carbocycles. The van der Waals surface area contributed by atoms with Crippen LogP contribution in [0.5, 0.6) is 0 Å². The zero-order valence-corrected chi connectivity index (χ0v) is 23.1. The molecule has 0 spiro atoms. The van der Waals surface area contributed by atoms with Gasteiger partial charge in [-0.3, -0.25) is 0 Å². The van der Waals surface area contributed by atoms with Gasteiger partial charge in [0.25, 0.3) is 0 Å². The van der Waals surface area contributed by atoms with Crippen LogP contribution >= 0.6 is 0 Å². The molecule has 0 aromatic heterocycles. The minimum atomic E-state index is 0.236. The first-order valence-corrected chi connectivity index (χ1v) is 13.4. The highest BCUT2D eigenvalue weighted by Crippen LogP contribution is 2.53. The number of hydrogen-bond acceptors (Lipinski definition) is 0. The molecule has 0 heteroatoms. The molecule has 2 aliphatic carbocycles. The van der Waals surface area contributed by atoms with Gasteiger partial charge in [-0.25, -0.2) is 0 Å². The van der Waals surface area contributed by atoms with Crippen LogP contribution in [0.1, 0.15) is 123 Å². The molecule has 3 rings (SSSR count). The van der Waals surface area contributed by atoms with Gasteiger partial charge in [0, 0.05) is 0 Å². The Hall–Kier alpha value is -1.56. The Morgan fingerprint density at radius 3 is 2.30 bits per heavy atom. The van der Waals surface area contributed by atoms with Gasteiger partial charge in [0.2, 0.25) is 0 Å². The molecular weight excluding hydrogens is 396 g/mol. The lowest BCUT2D eigenvalue weighted by Gasteiger charge is -2.47. The maximum Gasteiger partial charge on any atom is -0.00578 e. The Morgan fingerprint density at radius 1 is 1.12 bits per heavy atom. The van der Waals surface area contributed by atoms with Crippen molar-refractivity contribution in [2.45, 2.75) is 113 Å². The van der Waals surface area contributed by atoms with E-state index in [1.54, 1.807) is 16.7 Å². The minimum absolute atomic E-state index is 0.236. The molecule has 0 amide bonds. The van der Waals surface area contributed by atoms with E-state index in [0.29, 0.717) is 17.3 Å². The Morgan fingerprint density at radius 2 is 1.79 bits per heavy atom. The average molecular weight is 447 g/mol. The predicted octanol–water partition coefficient (Wildman–Crippen LogP) is 10.2. The molecule has 33 heavy (non-hydrogen) atoms. The van der Waals surface area contributed by atoms with E-state index in [4.69, 9.17) is 0 Å². The second-order valence-corrected chi connectivity index (χ2v) is 13.7. The third kappa shape index (κ3) is 6.74. The summed E-state index contributed by atoms with van der Waals surface area (Å²) in [6.07, 6.45) is 12.3. The van der Waals surface area contributed by atoms with Gasteiger partial charge in [-0.1, -0.05) is 96.9 Å². The zero-order chi connectivity index (χ0) is 24.6. The molecule has 182 valence electrons. The van der Waals surface area contributed by atoms with Crippen molar-refractivity contribution in [2.75, 3.05) is 0 Å². The largest absolute Gasteiger partial charge is 0.100 e. The Bertz CT molecular complexity index is 904. The van der Waals surface area contributed by atoms with Crippen molar-refractivity contribution in [3.05, 3.63) is 70.3 Å². The van der Waals surface area contributed by atoms with Crippen molar-refractivity contribution in [1.29, 1.82) is 0 Å². The van der Waals surface area contributed by atoms with Crippen molar-refractivity contribution >= 4 is 0 Å². The molecule has 0 radical (unpaired) electrons. The van der Waals surface area contributed by atoms with E-state index in [-0.39, 0.29) is 5.41 Å². The fourth-order valence-electron chi connectivity index (χ4n) is 6.28. The Balaban J connectivity index is 1.97. The smallest absolute Gasteiger partial charge is 0.00578 e. The highest BCUT2D eigenvalue weighted by molar-refractivity contribution is 5.44. The zero-order valence-electron chi connectivity index (χ0n) is 23.1. The lowest BCUT2D eigenvalue weighted by Crippen LogP contribution is -2.36. The summed E-state index contributed by atoms with van der Waals surface area (Å²) in [6.45, 7) is 25.4. The van der Waals surface area contributed by atoms with Crippen LogP contribution in [0.2, 0.25) is 0 Å². The van der Waals surface area contributed by atoms with Crippen LogP contribution in [-0.2, 0) is 6.42 Å². The Labute approximate surface area is 205 Å².